The number of nitrogen functional groups attached to an aromatic ring is 1. The largest absolute Gasteiger partial charge is 0.491 e. The fraction of sp³-hybridized carbons (Fsp3) is 0.231. The zero-order chi connectivity index (χ0) is 13.9. The molecule has 1 amide bonds. The van der Waals surface area contributed by atoms with Crippen LogP contribution in [-0.2, 0) is 11.3 Å². The van der Waals surface area contributed by atoms with Crippen LogP contribution in [0.15, 0.2) is 30.5 Å². The molecule has 104 valence electrons. The van der Waals surface area contributed by atoms with Gasteiger partial charge in [-0.3, -0.25) is 10.2 Å². The van der Waals surface area contributed by atoms with E-state index in [0.717, 1.165) is 16.3 Å². The van der Waals surface area contributed by atoms with Gasteiger partial charge in [-0.1, -0.05) is 23.5 Å². The molecule has 0 aliphatic carbocycles. The first-order valence-corrected chi connectivity index (χ1v) is 7.03. The number of para-hydroxylation sites is 2. The molecule has 1 aromatic carbocycles. The van der Waals surface area contributed by atoms with E-state index in [-0.39, 0.29) is 5.91 Å². The first-order valence-electron chi connectivity index (χ1n) is 6.21. The van der Waals surface area contributed by atoms with Crippen LogP contribution in [0.3, 0.4) is 0 Å². The van der Waals surface area contributed by atoms with Gasteiger partial charge >= 0.3 is 0 Å². The van der Waals surface area contributed by atoms with Gasteiger partial charge in [-0.25, -0.2) is 10.8 Å². The average Bonchev–Trinajstić information content (AvgIpc) is 2.87. The van der Waals surface area contributed by atoms with E-state index >= 15 is 0 Å². The summed E-state index contributed by atoms with van der Waals surface area (Å²) in [7, 11) is 0. The van der Waals surface area contributed by atoms with E-state index in [0.29, 0.717) is 24.7 Å². The molecule has 3 N–H and O–H groups in total. The number of thiazole rings is 1. The summed E-state index contributed by atoms with van der Waals surface area (Å²) in [6.07, 6.45) is 2.09. The second-order valence-corrected chi connectivity index (χ2v) is 5.44. The minimum atomic E-state index is 0.0469. The van der Waals surface area contributed by atoms with Gasteiger partial charge in [0.15, 0.2) is 5.13 Å². The third-order valence-electron chi connectivity index (χ3n) is 3.02. The van der Waals surface area contributed by atoms with Gasteiger partial charge in [0.1, 0.15) is 5.75 Å². The summed E-state index contributed by atoms with van der Waals surface area (Å²) >= 11 is 1.43. The van der Waals surface area contributed by atoms with Gasteiger partial charge < -0.3 is 9.64 Å². The number of nitrogens with two attached hydrogens (primary N) is 1. The summed E-state index contributed by atoms with van der Waals surface area (Å²) in [6, 6.07) is 7.56. The van der Waals surface area contributed by atoms with E-state index in [1.54, 1.807) is 11.1 Å². The molecule has 2 heterocycles. The van der Waals surface area contributed by atoms with E-state index < -0.39 is 0 Å². The number of anilines is 2. The lowest BCUT2D eigenvalue weighted by Gasteiger charge is -2.20. The van der Waals surface area contributed by atoms with Crippen LogP contribution in [0.1, 0.15) is 11.3 Å². The van der Waals surface area contributed by atoms with E-state index in [1.807, 2.05) is 24.3 Å². The molecule has 1 aliphatic heterocycles. The van der Waals surface area contributed by atoms with Crippen LogP contribution >= 0.6 is 11.3 Å². The number of aromatic nitrogens is 1. The number of carbonyl (C=O) groups is 1. The lowest BCUT2D eigenvalue weighted by molar-refractivity contribution is -0.118. The number of carbonyl (C=O) groups excluding carboxylic acids is 1. The number of rotatable bonds is 3. The molecule has 2 aromatic rings. The summed E-state index contributed by atoms with van der Waals surface area (Å²) in [4.78, 5) is 19.1. The van der Waals surface area contributed by atoms with Crippen molar-refractivity contribution < 1.29 is 9.53 Å². The van der Waals surface area contributed by atoms with E-state index in [4.69, 9.17) is 10.6 Å². The molecule has 0 atom stereocenters. The lowest BCUT2D eigenvalue weighted by Crippen LogP contribution is -2.29. The van der Waals surface area contributed by atoms with E-state index in [1.165, 1.54) is 11.3 Å². The van der Waals surface area contributed by atoms with Crippen LogP contribution < -0.4 is 20.9 Å². The number of ether oxygens (including phenoxy) is 1. The van der Waals surface area contributed by atoms with Crippen LogP contribution in [-0.4, -0.2) is 17.5 Å². The number of nitrogens with zero attached hydrogens (tertiary/aromatic N) is 2. The predicted molar refractivity (Wildman–Crippen MR) is 77.7 cm³/mol. The minimum absolute atomic E-state index is 0.0469. The van der Waals surface area contributed by atoms with Gasteiger partial charge in [0.25, 0.3) is 0 Å². The fourth-order valence-corrected chi connectivity index (χ4v) is 2.81. The number of amides is 1. The van der Waals surface area contributed by atoms with Gasteiger partial charge in [-0.15, -0.1) is 0 Å². The number of benzene rings is 1. The number of nitrogens with one attached hydrogen (secondary N) is 1. The quantitative estimate of drug-likeness (QED) is 0.665. The Hall–Kier alpha value is -2.12. The third-order valence-corrected chi connectivity index (χ3v) is 3.93. The van der Waals surface area contributed by atoms with Crippen LogP contribution in [0.5, 0.6) is 5.75 Å². The van der Waals surface area contributed by atoms with Crippen LogP contribution in [0, 0.1) is 0 Å². The average molecular weight is 290 g/mol. The SMILES string of the molecule is NNc1ncc(CN2C(=O)CCOc3ccccc32)s1. The van der Waals surface area contributed by atoms with Crippen molar-refractivity contribution in [1.82, 2.24) is 4.98 Å². The van der Waals surface area contributed by atoms with Gasteiger partial charge in [-0.05, 0) is 12.1 Å². The summed E-state index contributed by atoms with van der Waals surface area (Å²) in [5, 5.41) is 0.631. The Morgan fingerprint density at radius 3 is 3.10 bits per heavy atom. The highest BCUT2D eigenvalue weighted by atomic mass is 32.1. The Bertz CT molecular complexity index is 628. The highest BCUT2D eigenvalue weighted by Gasteiger charge is 2.23. The van der Waals surface area contributed by atoms with Crippen LogP contribution in [0.25, 0.3) is 0 Å². The molecule has 6 nitrogen and oxygen atoms in total. The predicted octanol–water partition coefficient (Wildman–Crippen LogP) is 1.74. The topological polar surface area (TPSA) is 80.5 Å². The second-order valence-electron chi connectivity index (χ2n) is 4.32. The maximum Gasteiger partial charge on any atom is 0.230 e. The Morgan fingerprint density at radius 2 is 2.30 bits per heavy atom. The molecule has 0 saturated heterocycles. The summed E-state index contributed by atoms with van der Waals surface area (Å²) < 4.78 is 5.61. The van der Waals surface area contributed by atoms with Gasteiger partial charge in [-0.2, -0.15) is 0 Å². The molecule has 0 spiro atoms. The Labute approximate surface area is 120 Å². The highest BCUT2D eigenvalue weighted by molar-refractivity contribution is 7.15. The van der Waals surface area contributed by atoms with Crippen molar-refractivity contribution in [2.24, 2.45) is 5.84 Å². The van der Waals surface area contributed by atoms with Crippen molar-refractivity contribution in [2.75, 3.05) is 16.9 Å². The highest BCUT2D eigenvalue weighted by Crippen LogP contribution is 2.33. The molecule has 0 saturated carbocycles. The van der Waals surface area contributed by atoms with Crippen LogP contribution in [0.2, 0.25) is 0 Å². The van der Waals surface area contributed by atoms with Crippen molar-refractivity contribution in [3.05, 3.63) is 35.3 Å². The van der Waals surface area contributed by atoms with Gasteiger partial charge in [0, 0.05) is 11.1 Å². The first kappa shape index (κ1) is 12.9. The smallest absolute Gasteiger partial charge is 0.230 e. The second kappa shape index (κ2) is 5.48. The number of hydrogen-bond donors (Lipinski definition) is 2. The van der Waals surface area contributed by atoms with Gasteiger partial charge in [0.2, 0.25) is 5.91 Å². The minimum Gasteiger partial charge on any atom is -0.491 e. The normalized spacial score (nSPS) is 14.4. The zero-order valence-electron chi connectivity index (χ0n) is 10.7. The Kier molecular flexibility index (Phi) is 3.53. The zero-order valence-corrected chi connectivity index (χ0v) is 11.5. The molecule has 0 bridgehead atoms. The van der Waals surface area contributed by atoms with E-state index in [9.17, 15) is 4.79 Å². The van der Waals surface area contributed by atoms with Crippen LogP contribution in [0.4, 0.5) is 10.8 Å². The molecule has 1 aliphatic rings. The maximum absolute atomic E-state index is 12.2. The lowest BCUT2D eigenvalue weighted by atomic mass is 10.2. The maximum atomic E-state index is 12.2. The van der Waals surface area contributed by atoms with Gasteiger partial charge in [0.05, 0.1) is 25.3 Å². The molecule has 1 aromatic heterocycles. The summed E-state index contributed by atoms with van der Waals surface area (Å²) in [5.41, 5.74) is 3.30. The molecule has 7 heteroatoms. The fourth-order valence-electron chi connectivity index (χ4n) is 2.10. The monoisotopic (exact) mass is 290 g/mol. The molecular weight excluding hydrogens is 276 g/mol. The standard InChI is InChI=1S/C13H14N4O2S/c14-16-13-15-7-9(20-13)8-17-10-3-1-2-4-11(10)19-6-5-12(17)18/h1-4,7H,5-6,8,14H2,(H,15,16). The number of hydrazine groups is 1. The third kappa shape index (κ3) is 2.45. The van der Waals surface area contributed by atoms with E-state index in [2.05, 4.69) is 10.4 Å². The summed E-state index contributed by atoms with van der Waals surface area (Å²) in [5.74, 6) is 6.11. The van der Waals surface area contributed by atoms with Crippen molar-refractivity contribution in [1.29, 1.82) is 0 Å². The van der Waals surface area contributed by atoms with Crippen molar-refractivity contribution in [3.63, 3.8) is 0 Å². The molecule has 0 fully saturated rings. The first-order chi connectivity index (χ1) is 9.78. The Balaban J connectivity index is 1.91. The number of fused-ring (bicyclic) bond motifs is 1. The Morgan fingerprint density at radius 1 is 1.45 bits per heavy atom. The molecular formula is C13H14N4O2S. The van der Waals surface area contributed by atoms with Crippen molar-refractivity contribution >= 4 is 28.1 Å². The molecule has 0 radical (unpaired) electrons. The molecule has 20 heavy (non-hydrogen) atoms. The van der Waals surface area contributed by atoms with Crippen molar-refractivity contribution in [3.8, 4) is 5.75 Å². The molecule has 0 unspecified atom stereocenters. The number of hydrogen-bond acceptors (Lipinski definition) is 6. The van der Waals surface area contributed by atoms with Crippen molar-refractivity contribution in [2.45, 2.75) is 13.0 Å². The summed E-state index contributed by atoms with van der Waals surface area (Å²) in [6.45, 7) is 0.878. The molecule has 3 rings (SSSR count).